The van der Waals surface area contributed by atoms with Crippen molar-refractivity contribution in [3.8, 4) is 11.5 Å². The molecule has 9 heteroatoms. The molecule has 2 aromatic carbocycles. The highest BCUT2D eigenvalue weighted by atomic mass is 32.2. The molecule has 0 saturated heterocycles. The molecular formula is C18H21FN2O5S. The van der Waals surface area contributed by atoms with Gasteiger partial charge in [0.15, 0.2) is 11.5 Å². The van der Waals surface area contributed by atoms with Crippen LogP contribution in [0.25, 0.3) is 0 Å². The van der Waals surface area contributed by atoms with Crippen molar-refractivity contribution in [2.24, 2.45) is 0 Å². The van der Waals surface area contributed by atoms with E-state index < -0.39 is 28.3 Å². The van der Waals surface area contributed by atoms with Gasteiger partial charge in [-0.05, 0) is 43.3 Å². The molecule has 0 fully saturated rings. The molecule has 0 saturated carbocycles. The van der Waals surface area contributed by atoms with Crippen LogP contribution in [0.2, 0.25) is 0 Å². The van der Waals surface area contributed by atoms with Gasteiger partial charge in [-0.15, -0.1) is 0 Å². The lowest BCUT2D eigenvalue weighted by molar-refractivity contribution is -0.116. The van der Waals surface area contributed by atoms with Crippen molar-refractivity contribution in [2.45, 2.75) is 11.8 Å². The molecule has 0 unspecified atom stereocenters. The highest BCUT2D eigenvalue weighted by Crippen LogP contribution is 2.30. The second kappa shape index (κ2) is 8.83. The lowest BCUT2D eigenvalue weighted by atomic mass is 10.2. The van der Waals surface area contributed by atoms with Gasteiger partial charge in [0.2, 0.25) is 15.9 Å². The maximum Gasteiger partial charge on any atom is 0.243 e. The van der Waals surface area contributed by atoms with Crippen LogP contribution in [0.15, 0.2) is 47.4 Å². The van der Waals surface area contributed by atoms with Gasteiger partial charge >= 0.3 is 0 Å². The Morgan fingerprint density at radius 2 is 1.81 bits per heavy atom. The van der Waals surface area contributed by atoms with Crippen LogP contribution in [-0.4, -0.2) is 45.9 Å². The van der Waals surface area contributed by atoms with Crippen molar-refractivity contribution in [2.75, 3.05) is 32.6 Å². The van der Waals surface area contributed by atoms with Crippen LogP contribution in [0.4, 0.5) is 10.1 Å². The third-order valence-electron chi connectivity index (χ3n) is 3.64. The Labute approximate surface area is 157 Å². The summed E-state index contributed by atoms with van der Waals surface area (Å²) in [4.78, 5) is 12.1. The third-order valence-corrected chi connectivity index (χ3v) is 5.45. The molecule has 0 atom stereocenters. The number of ether oxygens (including phenoxy) is 2. The average molecular weight is 396 g/mol. The van der Waals surface area contributed by atoms with Crippen molar-refractivity contribution in [3.05, 3.63) is 48.3 Å². The maximum absolute atomic E-state index is 13.0. The van der Waals surface area contributed by atoms with E-state index in [1.54, 1.807) is 18.2 Å². The number of carbonyl (C=O) groups excluding carboxylic acids is 1. The molecule has 2 aromatic rings. The topological polar surface area (TPSA) is 84.9 Å². The molecule has 0 spiro atoms. The van der Waals surface area contributed by atoms with Crippen molar-refractivity contribution in [1.82, 2.24) is 4.31 Å². The number of nitrogens with one attached hydrogen (secondary N) is 1. The summed E-state index contributed by atoms with van der Waals surface area (Å²) < 4.78 is 49.3. The molecule has 1 N–H and O–H groups in total. The number of amides is 1. The number of carbonyl (C=O) groups is 1. The normalized spacial score (nSPS) is 11.3. The summed E-state index contributed by atoms with van der Waals surface area (Å²) in [6.45, 7) is 1.90. The Kier molecular flexibility index (Phi) is 6.75. The first-order valence-corrected chi connectivity index (χ1v) is 9.54. The summed E-state index contributed by atoms with van der Waals surface area (Å²) in [7, 11) is -1.16. The van der Waals surface area contributed by atoms with E-state index in [-0.39, 0.29) is 4.90 Å². The van der Waals surface area contributed by atoms with Crippen LogP contribution in [0.5, 0.6) is 11.5 Å². The third kappa shape index (κ3) is 5.18. The molecule has 0 heterocycles. The second-order valence-corrected chi connectivity index (χ2v) is 7.61. The summed E-state index contributed by atoms with van der Waals surface area (Å²) in [5, 5.41) is 2.61. The summed E-state index contributed by atoms with van der Waals surface area (Å²) in [6, 6.07) is 9.25. The fourth-order valence-electron chi connectivity index (χ4n) is 2.29. The van der Waals surface area contributed by atoms with Crippen molar-refractivity contribution in [1.29, 1.82) is 0 Å². The van der Waals surface area contributed by atoms with Crippen LogP contribution in [0.3, 0.4) is 0 Å². The lowest BCUT2D eigenvalue weighted by Gasteiger charge is -2.17. The number of sulfonamides is 1. The largest absolute Gasteiger partial charge is 0.493 e. The van der Waals surface area contributed by atoms with E-state index in [2.05, 4.69) is 5.32 Å². The standard InChI is InChI=1S/C18H21FN2O5S/c1-4-26-16-10-7-14(11-17(16)25-3)20-18(22)12-21(2)27(23,24)15-8-5-13(19)6-9-15/h5-11H,4,12H2,1-3H3,(H,20,22). The number of benzene rings is 2. The van der Waals surface area contributed by atoms with E-state index in [0.29, 0.717) is 23.8 Å². The first-order chi connectivity index (χ1) is 12.8. The van der Waals surface area contributed by atoms with Crippen LogP contribution in [-0.2, 0) is 14.8 Å². The smallest absolute Gasteiger partial charge is 0.243 e. The molecule has 7 nitrogen and oxygen atoms in total. The van der Waals surface area contributed by atoms with Crippen molar-refractivity contribution >= 4 is 21.6 Å². The van der Waals surface area contributed by atoms with Gasteiger partial charge in [0.25, 0.3) is 0 Å². The molecule has 146 valence electrons. The minimum absolute atomic E-state index is 0.0954. The molecule has 0 aromatic heterocycles. The molecule has 1 amide bonds. The maximum atomic E-state index is 13.0. The Balaban J connectivity index is 2.07. The number of methoxy groups -OCH3 is 1. The fraction of sp³-hybridized carbons (Fsp3) is 0.278. The Hall–Kier alpha value is -2.65. The summed E-state index contributed by atoms with van der Waals surface area (Å²) in [6.07, 6.45) is 0. The van der Waals surface area contributed by atoms with Gasteiger partial charge in [-0.25, -0.2) is 12.8 Å². The highest BCUT2D eigenvalue weighted by molar-refractivity contribution is 7.89. The molecule has 0 radical (unpaired) electrons. The molecule has 0 aliphatic rings. The zero-order valence-electron chi connectivity index (χ0n) is 15.2. The SMILES string of the molecule is CCOc1ccc(NC(=O)CN(C)S(=O)(=O)c2ccc(F)cc2)cc1OC. The highest BCUT2D eigenvalue weighted by Gasteiger charge is 2.23. The van der Waals surface area contributed by atoms with E-state index in [1.165, 1.54) is 14.2 Å². The fourth-order valence-corrected chi connectivity index (χ4v) is 3.42. The zero-order valence-corrected chi connectivity index (χ0v) is 16.0. The Morgan fingerprint density at radius 3 is 2.41 bits per heavy atom. The lowest BCUT2D eigenvalue weighted by Crippen LogP contribution is -2.34. The molecule has 0 aliphatic heterocycles. The number of anilines is 1. The zero-order chi connectivity index (χ0) is 20.0. The molecule has 0 bridgehead atoms. The first-order valence-electron chi connectivity index (χ1n) is 8.10. The molecule has 2 rings (SSSR count). The van der Waals surface area contributed by atoms with E-state index in [4.69, 9.17) is 9.47 Å². The van der Waals surface area contributed by atoms with Crippen LogP contribution >= 0.6 is 0 Å². The minimum Gasteiger partial charge on any atom is -0.493 e. The number of hydrogen-bond acceptors (Lipinski definition) is 5. The quantitative estimate of drug-likeness (QED) is 0.741. The van der Waals surface area contributed by atoms with Gasteiger partial charge in [-0.1, -0.05) is 0 Å². The van der Waals surface area contributed by atoms with E-state index >= 15 is 0 Å². The molecule has 27 heavy (non-hydrogen) atoms. The molecular weight excluding hydrogens is 375 g/mol. The van der Waals surface area contributed by atoms with Gasteiger partial charge in [0, 0.05) is 18.8 Å². The van der Waals surface area contributed by atoms with Crippen molar-refractivity contribution < 1.29 is 27.1 Å². The van der Waals surface area contributed by atoms with Crippen LogP contribution < -0.4 is 14.8 Å². The van der Waals surface area contributed by atoms with Gasteiger partial charge in [-0.3, -0.25) is 4.79 Å². The summed E-state index contributed by atoms with van der Waals surface area (Å²) in [5.74, 6) is -0.0934. The summed E-state index contributed by atoms with van der Waals surface area (Å²) in [5.41, 5.74) is 0.438. The average Bonchev–Trinajstić information content (AvgIpc) is 2.63. The van der Waals surface area contributed by atoms with Gasteiger partial charge in [-0.2, -0.15) is 4.31 Å². The predicted octanol–water partition coefficient (Wildman–Crippen LogP) is 2.49. The van der Waals surface area contributed by atoms with Gasteiger partial charge < -0.3 is 14.8 Å². The molecule has 0 aliphatic carbocycles. The van der Waals surface area contributed by atoms with Crippen LogP contribution in [0.1, 0.15) is 6.92 Å². The number of halogens is 1. The van der Waals surface area contributed by atoms with Crippen molar-refractivity contribution in [3.63, 3.8) is 0 Å². The first kappa shape index (κ1) is 20.7. The Morgan fingerprint density at radius 1 is 1.15 bits per heavy atom. The number of likely N-dealkylation sites (N-methyl/N-ethyl adjacent to an activating group) is 1. The van der Waals surface area contributed by atoms with Crippen LogP contribution in [0, 0.1) is 5.82 Å². The van der Waals surface area contributed by atoms with Gasteiger partial charge in [0.1, 0.15) is 5.82 Å². The van der Waals surface area contributed by atoms with E-state index in [0.717, 1.165) is 28.6 Å². The number of hydrogen-bond donors (Lipinski definition) is 1. The minimum atomic E-state index is -3.91. The van der Waals surface area contributed by atoms with E-state index in [1.807, 2.05) is 6.92 Å². The van der Waals surface area contributed by atoms with Gasteiger partial charge in [0.05, 0.1) is 25.2 Å². The second-order valence-electron chi connectivity index (χ2n) is 5.56. The number of rotatable bonds is 8. The number of nitrogens with zero attached hydrogens (tertiary/aromatic N) is 1. The van der Waals surface area contributed by atoms with E-state index in [9.17, 15) is 17.6 Å². The predicted molar refractivity (Wildman–Crippen MR) is 99.0 cm³/mol. The summed E-state index contributed by atoms with van der Waals surface area (Å²) >= 11 is 0. The Bertz CT molecular complexity index is 900. The monoisotopic (exact) mass is 396 g/mol.